The Balaban J connectivity index is 4.24. The summed E-state index contributed by atoms with van der Waals surface area (Å²) in [5.41, 5.74) is 0. The van der Waals surface area contributed by atoms with Crippen molar-refractivity contribution in [2.24, 2.45) is 17.8 Å². The molecular formula is C51H98O6. The summed E-state index contributed by atoms with van der Waals surface area (Å²) in [5, 5.41) is 0. The predicted octanol–water partition coefficient (Wildman–Crippen LogP) is 16.0. The Morgan fingerprint density at radius 1 is 0.298 bits per heavy atom. The topological polar surface area (TPSA) is 78.9 Å². The zero-order valence-electron chi connectivity index (χ0n) is 39.1. The summed E-state index contributed by atoms with van der Waals surface area (Å²) in [5.74, 6) is 1.55. The molecule has 6 heteroatoms. The van der Waals surface area contributed by atoms with Crippen molar-refractivity contribution in [3.05, 3.63) is 0 Å². The van der Waals surface area contributed by atoms with E-state index in [2.05, 4.69) is 41.5 Å². The molecule has 0 aromatic rings. The van der Waals surface area contributed by atoms with Crippen LogP contribution in [-0.4, -0.2) is 37.2 Å². The molecule has 0 aliphatic heterocycles. The van der Waals surface area contributed by atoms with Crippen LogP contribution in [0.3, 0.4) is 0 Å². The fourth-order valence-electron chi connectivity index (χ4n) is 7.59. The van der Waals surface area contributed by atoms with Crippen LogP contribution in [0.25, 0.3) is 0 Å². The molecule has 0 aromatic heterocycles. The second kappa shape index (κ2) is 42.5. The second-order valence-electron chi connectivity index (χ2n) is 18.9. The Bertz CT molecular complexity index is 883. The van der Waals surface area contributed by atoms with E-state index < -0.39 is 6.10 Å². The van der Waals surface area contributed by atoms with Crippen molar-refractivity contribution in [3.63, 3.8) is 0 Å². The summed E-state index contributed by atoms with van der Waals surface area (Å²) in [4.78, 5) is 37.8. The van der Waals surface area contributed by atoms with E-state index >= 15 is 0 Å². The number of carbonyl (C=O) groups excluding carboxylic acids is 3. The quantitative estimate of drug-likeness (QED) is 0.0347. The van der Waals surface area contributed by atoms with Gasteiger partial charge in [-0.2, -0.15) is 0 Å². The number of hydrogen-bond donors (Lipinski definition) is 0. The highest BCUT2D eigenvalue weighted by Crippen LogP contribution is 2.17. The number of rotatable bonds is 44. The van der Waals surface area contributed by atoms with Crippen LogP contribution in [-0.2, 0) is 28.6 Å². The summed E-state index contributed by atoms with van der Waals surface area (Å²) in [7, 11) is 0. The second-order valence-corrected chi connectivity index (χ2v) is 18.9. The average Bonchev–Trinajstić information content (AvgIpc) is 3.16. The maximum absolute atomic E-state index is 12.8. The zero-order chi connectivity index (χ0) is 42.0. The number of ether oxygens (including phenoxy) is 3. The summed E-state index contributed by atoms with van der Waals surface area (Å²) in [6.07, 6.45) is 41.1. The fraction of sp³-hybridized carbons (Fsp3) is 0.941. The summed E-state index contributed by atoms with van der Waals surface area (Å²) in [6.45, 7) is 13.6. The van der Waals surface area contributed by atoms with E-state index in [0.29, 0.717) is 19.3 Å². The lowest BCUT2D eigenvalue weighted by Crippen LogP contribution is -2.30. The SMILES string of the molecule is CC(C)CCCCCCCCCCCCCCCCCCC(=O)O[C@@H](COC(=O)CCCCCCCCCCC(C)C)COC(=O)CCCCCCCCC(C)C. The van der Waals surface area contributed by atoms with Crippen molar-refractivity contribution in [1.29, 1.82) is 0 Å². The third-order valence-corrected chi connectivity index (χ3v) is 11.4. The zero-order valence-corrected chi connectivity index (χ0v) is 39.1. The Labute approximate surface area is 355 Å². The third kappa shape index (κ3) is 45.3. The van der Waals surface area contributed by atoms with Gasteiger partial charge in [0.2, 0.25) is 0 Å². The lowest BCUT2D eigenvalue weighted by molar-refractivity contribution is -0.167. The Morgan fingerprint density at radius 2 is 0.509 bits per heavy atom. The molecule has 0 fully saturated rings. The lowest BCUT2D eigenvalue weighted by atomic mass is 10.0. The molecule has 0 radical (unpaired) electrons. The maximum Gasteiger partial charge on any atom is 0.306 e. The van der Waals surface area contributed by atoms with Gasteiger partial charge in [0.1, 0.15) is 13.2 Å². The molecule has 0 N–H and O–H groups in total. The Morgan fingerprint density at radius 3 is 0.754 bits per heavy atom. The first-order chi connectivity index (χ1) is 27.6. The summed E-state index contributed by atoms with van der Waals surface area (Å²) in [6, 6.07) is 0. The van der Waals surface area contributed by atoms with Gasteiger partial charge in [-0.05, 0) is 37.0 Å². The molecule has 0 rings (SSSR count). The van der Waals surface area contributed by atoms with Crippen molar-refractivity contribution in [3.8, 4) is 0 Å². The highest BCUT2D eigenvalue weighted by Gasteiger charge is 2.19. The molecule has 0 heterocycles. The lowest BCUT2D eigenvalue weighted by Gasteiger charge is -2.18. The van der Waals surface area contributed by atoms with Gasteiger partial charge in [0.25, 0.3) is 0 Å². The van der Waals surface area contributed by atoms with Crippen LogP contribution >= 0.6 is 0 Å². The standard InChI is InChI=1S/C51H98O6/c1-45(2)37-31-25-19-15-13-11-9-7-8-10-12-14-16-22-30-36-42-51(54)57-48(44-56-50(53)41-35-29-24-23-27-33-39-47(5)6)43-55-49(52)40-34-28-21-18-17-20-26-32-38-46(3)4/h45-48H,7-44H2,1-6H3/t48-/m0/s1. The molecule has 338 valence electrons. The van der Waals surface area contributed by atoms with Crippen LogP contribution in [0, 0.1) is 17.8 Å². The normalized spacial score (nSPS) is 12.2. The van der Waals surface area contributed by atoms with Crippen molar-refractivity contribution >= 4 is 17.9 Å². The van der Waals surface area contributed by atoms with Crippen LogP contribution in [0.15, 0.2) is 0 Å². The molecule has 0 bridgehead atoms. The Kier molecular flexibility index (Phi) is 41.3. The minimum absolute atomic E-state index is 0.0663. The number of carbonyl (C=O) groups is 3. The van der Waals surface area contributed by atoms with E-state index in [9.17, 15) is 14.4 Å². The largest absolute Gasteiger partial charge is 0.462 e. The number of hydrogen-bond acceptors (Lipinski definition) is 6. The van der Waals surface area contributed by atoms with Crippen molar-refractivity contribution < 1.29 is 28.6 Å². The van der Waals surface area contributed by atoms with Gasteiger partial charge in [0, 0.05) is 19.3 Å². The van der Waals surface area contributed by atoms with Gasteiger partial charge in [0.15, 0.2) is 6.10 Å². The van der Waals surface area contributed by atoms with E-state index in [0.717, 1.165) is 75.5 Å². The van der Waals surface area contributed by atoms with E-state index in [1.165, 1.54) is 154 Å². The minimum atomic E-state index is -0.762. The van der Waals surface area contributed by atoms with E-state index in [4.69, 9.17) is 14.2 Å². The molecule has 0 amide bonds. The smallest absolute Gasteiger partial charge is 0.306 e. The fourth-order valence-corrected chi connectivity index (χ4v) is 7.59. The Hall–Kier alpha value is -1.59. The molecule has 0 spiro atoms. The predicted molar refractivity (Wildman–Crippen MR) is 243 cm³/mol. The number of unbranched alkanes of at least 4 members (excludes halogenated alkanes) is 27. The first kappa shape index (κ1) is 55.4. The van der Waals surface area contributed by atoms with Gasteiger partial charge in [-0.3, -0.25) is 14.4 Å². The van der Waals surface area contributed by atoms with Gasteiger partial charge < -0.3 is 14.2 Å². The molecule has 1 atom stereocenters. The molecule has 57 heavy (non-hydrogen) atoms. The van der Waals surface area contributed by atoms with E-state index in [-0.39, 0.29) is 31.1 Å². The van der Waals surface area contributed by atoms with Gasteiger partial charge >= 0.3 is 17.9 Å². The molecule has 0 aliphatic carbocycles. The van der Waals surface area contributed by atoms with Gasteiger partial charge in [-0.25, -0.2) is 0 Å². The maximum atomic E-state index is 12.8. The van der Waals surface area contributed by atoms with Crippen molar-refractivity contribution in [2.75, 3.05) is 13.2 Å². The molecule has 0 aliphatic rings. The van der Waals surface area contributed by atoms with Crippen molar-refractivity contribution in [2.45, 2.75) is 279 Å². The van der Waals surface area contributed by atoms with Gasteiger partial charge in [-0.15, -0.1) is 0 Å². The summed E-state index contributed by atoms with van der Waals surface area (Å²) >= 11 is 0. The molecule has 0 saturated heterocycles. The van der Waals surface area contributed by atoms with E-state index in [1.54, 1.807) is 0 Å². The average molecular weight is 807 g/mol. The summed E-state index contributed by atoms with van der Waals surface area (Å²) < 4.78 is 16.7. The molecule has 6 nitrogen and oxygen atoms in total. The minimum Gasteiger partial charge on any atom is -0.462 e. The molecule has 0 aromatic carbocycles. The molecule has 0 unspecified atom stereocenters. The number of esters is 3. The van der Waals surface area contributed by atoms with Crippen LogP contribution in [0.1, 0.15) is 273 Å². The van der Waals surface area contributed by atoms with Crippen LogP contribution in [0.4, 0.5) is 0 Å². The monoisotopic (exact) mass is 807 g/mol. The van der Waals surface area contributed by atoms with Crippen LogP contribution in [0.5, 0.6) is 0 Å². The highest BCUT2D eigenvalue weighted by molar-refractivity contribution is 5.71. The first-order valence-corrected chi connectivity index (χ1v) is 25.1. The first-order valence-electron chi connectivity index (χ1n) is 25.1. The molecule has 0 saturated carbocycles. The van der Waals surface area contributed by atoms with Crippen molar-refractivity contribution in [1.82, 2.24) is 0 Å². The van der Waals surface area contributed by atoms with Crippen LogP contribution < -0.4 is 0 Å². The highest BCUT2D eigenvalue weighted by atomic mass is 16.6. The van der Waals surface area contributed by atoms with Crippen LogP contribution in [0.2, 0.25) is 0 Å². The van der Waals surface area contributed by atoms with E-state index in [1.807, 2.05) is 0 Å². The van der Waals surface area contributed by atoms with Gasteiger partial charge in [-0.1, -0.05) is 234 Å². The molecular weight excluding hydrogens is 709 g/mol. The third-order valence-electron chi connectivity index (χ3n) is 11.4. The van der Waals surface area contributed by atoms with Gasteiger partial charge in [0.05, 0.1) is 0 Å².